The first kappa shape index (κ1) is 20.4. The predicted octanol–water partition coefficient (Wildman–Crippen LogP) is 4.58. The maximum Gasteiger partial charge on any atom is 0.310 e. The molecule has 1 fully saturated rings. The van der Waals surface area contributed by atoms with E-state index in [-0.39, 0.29) is 0 Å². The van der Waals surface area contributed by atoms with Crippen LogP contribution in [-0.2, 0) is 27.5 Å². The molecule has 1 aliphatic carbocycles. The van der Waals surface area contributed by atoms with Gasteiger partial charge in [-0.25, -0.2) is 22.0 Å². The van der Waals surface area contributed by atoms with E-state index in [2.05, 4.69) is 4.74 Å². The Bertz CT molecular complexity index is 725. The quantitative estimate of drug-likeness (QED) is 0.413. The Hall–Kier alpha value is -1.96. The highest BCUT2D eigenvalue weighted by atomic mass is 19.2. The standard InChI is InChI=1S/C18H19F5O3/c1-8(19)5-11-12(18(11,2)3)17(24)26-7-10-15(22)13(20)9(6-25-4)14(21)16(10)23/h5,11-12H,6-7H2,1-4H3/b8-5+. The van der Waals surface area contributed by atoms with Crippen molar-refractivity contribution in [1.29, 1.82) is 0 Å². The zero-order valence-electron chi connectivity index (χ0n) is 14.8. The van der Waals surface area contributed by atoms with E-state index in [9.17, 15) is 26.7 Å². The van der Waals surface area contributed by atoms with Crippen LogP contribution in [0.15, 0.2) is 11.9 Å². The van der Waals surface area contributed by atoms with Crippen LogP contribution in [0.1, 0.15) is 31.9 Å². The van der Waals surface area contributed by atoms with Crippen LogP contribution in [0.4, 0.5) is 22.0 Å². The first-order chi connectivity index (χ1) is 12.0. The highest BCUT2D eigenvalue weighted by molar-refractivity contribution is 5.78. The van der Waals surface area contributed by atoms with Gasteiger partial charge in [-0.3, -0.25) is 4.79 Å². The lowest BCUT2D eigenvalue weighted by Gasteiger charge is -2.12. The fourth-order valence-corrected chi connectivity index (χ4v) is 3.04. The summed E-state index contributed by atoms with van der Waals surface area (Å²) in [5, 5.41) is 0. The minimum Gasteiger partial charge on any atom is -0.460 e. The molecule has 144 valence electrons. The third-order valence-corrected chi connectivity index (χ3v) is 4.67. The van der Waals surface area contributed by atoms with Crippen molar-refractivity contribution in [2.45, 2.75) is 34.0 Å². The van der Waals surface area contributed by atoms with Gasteiger partial charge in [-0.2, -0.15) is 0 Å². The summed E-state index contributed by atoms with van der Waals surface area (Å²) in [5.74, 6) is -8.90. The number of halogens is 5. The largest absolute Gasteiger partial charge is 0.460 e. The molecule has 0 bridgehead atoms. The van der Waals surface area contributed by atoms with Crippen molar-refractivity contribution in [2.75, 3.05) is 7.11 Å². The second-order valence-corrected chi connectivity index (χ2v) is 6.83. The molecule has 0 amide bonds. The number of methoxy groups -OCH3 is 1. The Morgan fingerprint density at radius 1 is 1.04 bits per heavy atom. The van der Waals surface area contributed by atoms with E-state index in [0.29, 0.717) is 0 Å². The number of carbonyl (C=O) groups excluding carboxylic acids is 1. The van der Waals surface area contributed by atoms with Crippen molar-refractivity contribution < 1.29 is 36.2 Å². The number of rotatable bonds is 6. The van der Waals surface area contributed by atoms with Crippen molar-refractivity contribution in [1.82, 2.24) is 0 Å². The van der Waals surface area contributed by atoms with Crippen molar-refractivity contribution in [3.8, 4) is 0 Å². The Morgan fingerprint density at radius 3 is 1.92 bits per heavy atom. The SMILES string of the molecule is COCc1c(F)c(F)c(COC(=O)C2C(/C=C(\C)F)C2(C)C)c(F)c1F. The lowest BCUT2D eigenvalue weighted by atomic mass is 10.1. The predicted molar refractivity (Wildman–Crippen MR) is 82.4 cm³/mol. The van der Waals surface area contributed by atoms with E-state index in [4.69, 9.17) is 4.74 Å². The smallest absolute Gasteiger partial charge is 0.310 e. The van der Waals surface area contributed by atoms with Gasteiger partial charge in [-0.15, -0.1) is 0 Å². The van der Waals surface area contributed by atoms with Gasteiger partial charge in [0.15, 0.2) is 23.3 Å². The third kappa shape index (κ3) is 3.60. The van der Waals surface area contributed by atoms with E-state index in [1.807, 2.05) is 0 Å². The summed E-state index contributed by atoms with van der Waals surface area (Å²) in [7, 11) is 1.12. The first-order valence-electron chi connectivity index (χ1n) is 7.87. The molecule has 2 rings (SSSR count). The molecule has 0 N–H and O–H groups in total. The van der Waals surface area contributed by atoms with Crippen LogP contribution in [0, 0.1) is 40.5 Å². The van der Waals surface area contributed by atoms with Crippen LogP contribution >= 0.6 is 0 Å². The van der Waals surface area contributed by atoms with Crippen LogP contribution in [-0.4, -0.2) is 13.1 Å². The maximum absolute atomic E-state index is 14.0. The van der Waals surface area contributed by atoms with Gasteiger partial charge >= 0.3 is 5.97 Å². The summed E-state index contributed by atoms with van der Waals surface area (Å²) in [4.78, 5) is 12.1. The van der Waals surface area contributed by atoms with Crippen molar-refractivity contribution >= 4 is 5.97 Å². The van der Waals surface area contributed by atoms with Crippen LogP contribution < -0.4 is 0 Å². The fraction of sp³-hybridized carbons (Fsp3) is 0.500. The fourth-order valence-electron chi connectivity index (χ4n) is 3.04. The van der Waals surface area contributed by atoms with Crippen molar-refractivity contribution in [3.05, 3.63) is 46.3 Å². The average Bonchev–Trinajstić information content (AvgIpc) is 3.09. The highest BCUT2D eigenvalue weighted by Crippen LogP contribution is 2.60. The second kappa shape index (κ2) is 7.34. The summed E-state index contributed by atoms with van der Waals surface area (Å²) in [6.45, 7) is 3.02. The lowest BCUT2D eigenvalue weighted by Crippen LogP contribution is -2.15. The van der Waals surface area contributed by atoms with Crippen LogP contribution in [0.2, 0.25) is 0 Å². The highest BCUT2D eigenvalue weighted by Gasteiger charge is 2.61. The molecule has 8 heteroatoms. The zero-order chi connectivity index (χ0) is 19.8. The maximum atomic E-state index is 14.0. The molecular weight excluding hydrogens is 359 g/mol. The normalized spacial score (nSPS) is 21.7. The second-order valence-electron chi connectivity index (χ2n) is 6.83. The van der Waals surface area contributed by atoms with Crippen LogP contribution in [0.5, 0.6) is 0 Å². The first-order valence-corrected chi connectivity index (χ1v) is 7.87. The van der Waals surface area contributed by atoms with Crippen LogP contribution in [0.3, 0.4) is 0 Å². The minimum atomic E-state index is -1.64. The summed E-state index contributed by atoms with van der Waals surface area (Å²) >= 11 is 0. The van der Waals surface area contributed by atoms with Crippen molar-refractivity contribution in [2.24, 2.45) is 17.3 Å². The minimum absolute atomic E-state index is 0.424. The van der Waals surface area contributed by atoms with Gasteiger partial charge in [0, 0.05) is 7.11 Å². The van der Waals surface area contributed by atoms with Gasteiger partial charge in [0.05, 0.1) is 29.5 Å². The third-order valence-electron chi connectivity index (χ3n) is 4.67. The molecule has 0 radical (unpaired) electrons. The number of benzene rings is 1. The molecule has 3 nitrogen and oxygen atoms in total. The molecule has 0 saturated heterocycles. The summed E-state index contributed by atoms with van der Waals surface area (Å²) in [6, 6.07) is 0. The number of allylic oxidation sites excluding steroid dienone is 2. The Kier molecular flexibility index (Phi) is 5.75. The molecular formula is C18H19F5O3. The number of esters is 1. The van der Waals surface area contributed by atoms with E-state index in [1.165, 1.54) is 13.0 Å². The molecule has 0 spiro atoms. The Morgan fingerprint density at radius 2 is 1.50 bits per heavy atom. The van der Waals surface area contributed by atoms with Crippen LogP contribution in [0.25, 0.3) is 0 Å². The molecule has 1 aromatic carbocycles. The molecule has 1 saturated carbocycles. The number of carbonyl (C=O) groups is 1. The molecule has 0 aliphatic heterocycles. The number of hydrogen-bond donors (Lipinski definition) is 0. The summed E-state index contributed by atoms with van der Waals surface area (Å²) in [5.41, 5.74) is -2.50. The summed E-state index contributed by atoms with van der Waals surface area (Å²) < 4.78 is 78.1. The van der Waals surface area contributed by atoms with Gasteiger partial charge < -0.3 is 9.47 Å². The van der Waals surface area contributed by atoms with Gasteiger partial charge in [0.1, 0.15) is 6.61 Å². The van der Waals surface area contributed by atoms with E-state index >= 15 is 0 Å². The number of ether oxygens (including phenoxy) is 2. The molecule has 2 unspecified atom stereocenters. The summed E-state index contributed by atoms with van der Waals surface area (Å²) in [6.07, 6.45) is 1.27. The van der Waals surface area contributed by atoms with Crippen molar-refractivity contribution in [3.63, 3.8) is 0 Å². The monoisotopic (exact) mass is 378 g/mol. The molecule has 0 heterocycles. The molecule has 0 aromatic heterocycles. The van der Waals surface area contributed by atoms with Gasteiger partial charge in [-0.05, 0) is 24.3 Å². The van der Waals surface area contributed by atoms with Gasteiger partial charge in [0.25, 0.3) is 0 Å². The Labute approximate surface area is 147 Å². The topological polar surface area (TPSA) is 35.5 Å². The average molecular weight is 378 g/mol. The zero-order valence-corrected chi connectivity index (χ0v) is 14.8. The van der Waals surface area contributed by atoms with E-state index < -0.39 is 76.7 Å². The Balaban J connectivity index is 2.18. The van der Waals surface area contributed by atoms with Gasteiger partial charge in [0.2, 0.25) is 0 Å². The molecule has 1 aromatic rings. The molecule has 2 atom stereocenters. The van der Waals surface area contributed by atoms with E-state index in [0.717, 1.165) is 7.11 Å². The van der Waals surface area contributed by atoms with Gasteiger partial charge in [-0.1, -0.05) is 13.8 Å². The van der Waals surface area contributed by atoms with E-state index in [1.54, 1.807) is 13.8 Å². The number of hydrogen-bond acceptors (Lipinski definition) is 3. The molecule has 1 aliphatic rings. The lowest BCUT2D eigenvalue weighted by molar-refractivity contribution is -0.147. The molecule has 26 heavy (non-hydrogen) atoms.